The zero-order chi connectivity index (χ0) is 12.1. The summed E-state index contributed by atoms with van der Waals surface area (Å²) in [5.41, 5.74) is 0.709. The molecular formula is C11H12BrNO3. The lowest BCUT2D eigenvalue weighted by atomic mass is 10.2. The fraction of sp³-hybridized carbons (Fsp3) is 0.364. The molecule has 0 amide bonds. The van der Waals surface area contributed by atoms with Gasteiger partial charge in [-0.1, -0.05) is 0 Å². The molecule has 5 heteroatoms. The minimum absolute atomic E-state index is 0.0803. The molecule has 0 aliphatic carbocycles. The van der Waals surface area contributed by atoms with Crippen LogP contribution in [0.1, 0.15) is 12.5 Å². The molecule has 1 rings (SSSR count). The van der Waals surface area contributed by atoms with Gasteiger partial charge in [0.05, 0.1) is 18.2 Å². The van der Waals surface area contributed by atoms with Gasteiger partial charge in [-0.25, -0.2) is 0 Å². The smallest absolute Gasteiger partial charge is 0.181 e. The highest BCUT2D eigenvalue weighted by Gasteiger charge is 2.14. The number of methoxy groups -OCH3 is 1. The Morgan fingerprint density at radius 3 is 2.75 bits per heavy atom. The van der Waals surface area contributed by atoms with Gasteiger partial charge in [0, 0.05) is 0 Å². The maximum atomic E-state index is 9.03. The zero-order valence-electron chi connectivity index (χ0n) is 9.03. The number of nitriles is 1. The van der Waals surface area contributed by atoms with Crippen molar-refractivity contribution >= 4 is 15.9 Å². The van der Waals surface area contributed by atoms with Crippen LogP contribution in [-0.2, 0) is 6.61 Å². The number of aliphatic hydroxyl groups excluding tert-OH is 1. The Kier molecular flexibility index (Phi) is 4.59. The predicted molar refractivity (Wildman–Crippen MR) is 62.3 cm³/mol. The van der Waals surface area contributed by atoms with Crippen LogP contribution >= 0.6 is 15.9 Å². The van der Waals surface area contributed by atoms with E-state index in [1.54, 1.807) is 19.1 Å². The predicted octanol–water partition coefficient (Wildman–Crippen LogP) is 2.24. The quantitative estimate of drug-likeness (QED) is 0.922. The van der Waals surface area contributed by atoms with Gasteiger partial charge in [-0.15, -0.1) is 0 Å². The highest BCUT2D eigenvalue weighted by Crippen LogP contribution is 2.37. The van der Waals surface area contributed by atoms with Crippen LogP contribution in [0.4, 0.5) is 0 Å². The first-order valence-electron chi connectivity index (χ1n) is 4.66. The maximum Gasteiger partial charge on any atom is 0.181 e. The molecule has 1 N–H and O–H groups in total. The van der Waals surface area contributed by atoms with Crippen molar-refractivity contribution in [2.45, 2.75) is 19.6 Å². The Hall–Kier alpha value is -1.25. The third-order valence-corrected chi connectivity index (χ3v) is 2.54. The fourth-order valence-corrected chi connectivity index (χ4v) is 1.76. The SMILES string of the molecule is COc1cc(CO)cc(Br)c1OC(C)C#N. The van der Waals surface area contributed by atoms with E-state index in [4.69, 9.17) is 19.8 Å². The van der Waals surface area contributed by atoms with Crippen LogP contribution in [0.15, 0.2) is 16.6 Å². The summed E-state index contributed by atoms with van der Waals surface area (Å²) in [6.45, 7) is 1.56. The van der Waals surface area contributed by atoms with Crippen LogP contribution in [0.25, 0.3) is 0 Å². The molecule has 1 unspecified atom stereocenters. The summed E-state index contributed by atoms with van der Waals surface area (Å²) in [6, 6.07) is 5.37. The van der Waals surface area contributed by atoms with E-state index in [0.29, 0.717) is 21.5 Å². The summed E-state index contributed by atoms with van der Waals surface area (Å²) < 4.78 is 11.2. The molecule has 0 saturated heterocycles. The summed E-state index contributed by atoms with van der Waals surface area (Å²) in [7, 11) is 1.51. The Balaban J connectivity index is 3.12. The van der Waals surface area contributed by atoms with E-state index in [1.165, 1.54) is 7.11 Å². The van der Waals surface area contributed by atoms with E-state index < -0.39 is 6.10 Å². The standard InChI is InChI=1S/C11H12BrNO3/c1-7(5-13)16-11-9(12)3-8(6-14)4-10(11)15-2/h3-4,7,14H,6H2,1-2H3. The van der Waals surface area contributed by atoms with E-state index in [-0.39, 0.29) is 6.61 Å². The topological polar surface area (TPSA) is 62.5 Å². The zero-order valence-corrected chi connectivity index (χ0v) is 10.6. The van der Waals surface area contributed by atoms with Crippen molar-refractivity contribution in [1.82, 2.24) is 0 Å². The molecule has 0 saturated carbocycles. The largest absolute Gasteiger partial charge is 0.493 e. The van der Waals surface area contributed by atoms with E-state index in [2.05, 4.69) is 15.9 Å². The van der Waals surface area contributed by atoms with Crippen molar-refractivity contribution < 1.29 is 14.6 Å². The van der Waals surface area contributed by atoms with Gasteiger partial charge in [-0.05, 0) is 40.5 Å². The summed E-state index contributed by atoms with van der Waals surface area (Å²) >= 11 is 3.31. The molecule has 0 heterocycles. The van der Waals surface area contributed by atoms with Crippen molar-refractivity contribution in [3.63, 3.8) is 0 Å². The van der Waals surface area contributed by atoms with Crippen LogP contribution < -0.4 is 9.47 Å². The van der Waals surface area contributed by atoms with Crippen molar-refractivity contribution in [3.8, 4) is 17.6 Å². The second-order valence-corrected chi connectivity index (χ2v) is 4.01. The molecule has 0 aliphatic rings. The molecule has 0 bridgehead atoms. The van der Waals surface area contributed by atoms with Gasteiger partial charge in [-0.2, -0.15) is 5.26 Å². The average molecular weight is 286 g/mol. The summed E-state index contributed by atoms with van der Waals surface area (Å²) in [4.78, 5) is 0. The average Bonchev–Trinajstić information content (AvgIpc) is 2.30. The molecule has 0 spiro atoms. The summed E-state index contributed by atoms with van der Waals surface area (Å²) in [6.07, 6.45) is -0.565. The molecule has 1 aromatic carbocycles. The fourth-order valence-electron chi connectivity index (χ4n) is 1.18. The molecule has 0 fully saturated rings. The van der Waals surface area contributed by atoms with Crippen LogP contribution in [0.2, 0.25) is 0 Å². The number of benzene rings is 1. The first kappa shape index (κ1) is 12.8. The summed E-state index contributed by atoms with van der Waals surface area (Å²) in [5.74, 6) is 0.953. The lowest BCUT2D eigenvalue weighted by Gasteiger charge is -2.14. The van der Waals surface area contributed by atoms with E-state index in [9.17, 15) is 0 Å². The molecular weight excluding hydrogens is 274 g/mol. The second kappa shape index (κ2) is 5.73. The molecule has 4 nitrogen and oxygen atoms in total. The third-order valence-electron chi connectivity index (χ3n) is 1.95. The number of hydrogen-bond acceptors (Lipinski definition) is 4. The van der Waals surface area contributed by atoms with E-state index in [1.807, 2.05) is 6.07 Å². The van der Waals surface area contributed by atoms with Crippen molar-refractivity contribution in [1.29, 1.82) is 5.26 Å². The van der Waals surface area contributed by atoms with Gasteiger partial charge >= 0.3 is 0 Å². The van der Waals surface area contributed by atoms with Crippen molar-refractivity contribution in [2.75, 3.05) is 7.11 Å². The third kappa shape index (κ3) is 2.87. The van der Waals surface area contributed by atoms with Gasteiger partial charge in [0.25, 0.3) is 0 Å². The monoisotopic (exact) mass is 285 g/mol. The van der Waals surface area contributed by atoms with Crippen LogP contribution in [0.5, 0.6) is 11.5 Å². The van der Waals surface area contributed by atoms with Gasteiger partial charge in [0.2, 0.25) is 0 Å². The minimum Gasteiger partial charge on any atom is -0.493 e. The van der Waals surface area contributed by atoms with Crippen molar-refractivity contribution in [3.05, 3.63) is 22.2 Å². The lowest BCUT2D eigenvalue weighted by molar-refractivity contribution is 0.255. The highest BCUT2D eigenvalue weighted by atomic mass is 79.9. The van der Waals surface area contributed by atoms with E-state index in [0.717, 1.165) is 0 Å². The molecule has 1 aromatic rings. The highest BCUT2D eigenvalue weighted by molar-refractivity contribution is 9.10. The normalized spacial score (nSPS) is 11.7. The lowest BCUT2D eigenvalue weighted by Crippen LogP contribution is -2.09. The minimum atomic E-state index is -0.565. The van der Waals surface area contributed by atoms with Gasteiger partial charge in [0.15, 0.2) is 17.6 Å². The Morgan fingerprint density at radius 1 is 1.56 bits per heavy atom. The number of ether oxygens (including phenoxy) is 2. The summed E-state index contributed by atoms with van der Waals surface area (Å²) in [5, 5.41) is 17.7. The van der Waals surface area contributed by atoms with Gasteiger partial charge in [0.1, 0.15) is 6.07 Å². The maximum absolute atomic E-state index is 9.03. The Morgan fingerprint density at radius 2 is 2.25 bits per heavy atom. The first-order valence-corrected chi connectivity index (χ1v) is 5.45. The van der Waals surface area contributed by atoms with Crippen molar-refractivity contribution in [2.24, 2.45) is 0 Å². The number of aliphatic hydroxyl groups is 1. The van der Waals surface area contributed by atoms with Crippen LogP contribution in [-0.4, -0.2) is 18.3 Å². The van der Waals surface area contributed by atoms with Crippen LogP contribution in [0, 0.1) is 11.3 Å². The molecule has 1 atom stereocenters. The van der Waals surface area contributed by atoms with Gasteiger partial charge < -0.3 is 14.6 Å². The number of halogens is 1. The number of nitrogens with zero attached hydrogens (tertiary/aromatic N) is 1. The molecule has 16 heavy (non-hydrogen) atoms. The molecule has 0 aliphatic heterocycles. The van der Waals surface area contributed by atoms with Gasteiger partial charge in [-0.3, -0.25) is 0 Å². The number of hydrogen-bond donors (Lipinski definition) is 1. The Bertz CT molecular complexity index is 414. The molecule has 0 radical (unpaired) electrons. The molecule has 86 valence electrons. The van der Waals surface area contributed by atoms with E-state index >= 15 is 0 Å². The Labute approximate surface area is 103 Å². The second-order valence-electron chi connectivity index (χ2n) is 3.16. The number of rotatable bonds is 4. The first-order chi connectivity index (χ1) is 7.62. The molecule has 0 aromatic heterocycles. The van der Waals surface area contributed by atoms with Crippen LogP contribution in [0.3, 0.4) is 0 Å².